The lowest BCUT2D eigenvalue weighted by Crippen LogP contribution is -2.16. The average molecular weight is 284 g/mol. The van der Waals surface area contributed by atoms with Crippen molar-refractivity contribution in [2.45, 2.75) is 33.1 Å². The molecule has 2 rings (SSSR count). The third-order valence-electron chi connectivity index (χ3n) is 3.43. The molecule has 0 atom stereocenters. The van der Waals surface area contributed by atoms with Crippen LogP contribution in [-0.4, -0.2) is 23.6 Å². The fourth-order valence-electron chi connectivity index (χ4n) is 2.34. The van der Waals surface area contributed by atoms with E-state index in [1.54, 1.807) is 6.33 Å². The van der Waals surface area contributed by atoms with E-state index >= 15 is 0 Å². The van der Waals surface area contributed by atoms with E-state index < -0.39 is 0 Å². The highest BCUT2D eigenvalue weighted by atomic mass is 15.2. The molecule has 1 heterocycles. The lowest BCUT2D eigenvalue weighted by atomic mass is 10.1. The van der Waals surface area contributed by atoms with Crippen molar-refractivity contribution < 1.29 is 0 Å². The van der Waals surface area contributed by atoms with Gasteiger partial charge in [-0.25, -0.2) is 9.97 Å². The van der Waals surface area contributed by atoms with Crippen LogP contribution >= 0.6 is 0 Å². The maximum Gasteiger partial charge on any atom is 0.141 e. The highest BCUT2D eigenvalue weighted by Gasteiger charge is 2.15. The van der Waals surface area contributed by atoms with Crippen molar-refractivity contribution in [1.82, 2.24) is 9.97 Å². The first-order chi connectivity index (χ1) is 10.3. The Labute approximate surface area is 127 Å². The van der Waals surface area contributed by atoms with Crippen molar-refractivity contribution in [1.29, 1.82) is 0 Å². The number of hydrogen-bond donors (Lipinski definition) is 1. The standard InChI is InChI=1S/C17H24N4/c1-4-9-15-16(18-12-5-2)19-13-20-17(15)21(3)14-10-7-6-8-11-14/h6-8,10-11,13H,4-5,9,12H2,1-3H3,(H,18,19,20). The highest BCUT2D eigenvalue weighted by molar-refractivity contribution is 5.66. The quantitative estimate of drug-likeness (QED) is 0.833. The third kappa shape index (κ3) is 3.72. The molecule has 0 unspecified atom stereocenters. The van der Waals surface area contributed by atoms with Crippen LogP contribution < -0.4 is 10.2 Å². The van der Waals surface area contributed by atoms with Crippen molar-refractivity contribution in [3.05, 3.63) is 42.2 Å². The Morgan fingerprint density at radius 2 is 1.81 bits per heavy atom. The van der Waals surface area contributed by atoms with Gasteiger partial charge in [-0.1, -0.05) is 38.5 Å². The molecule has 0 radical (unpaired) electrons. The minimum atomic E-state index is 0.933. The molecule has 4 nitrogen and oxygen atoms in total. The Morgan fingerprint density at radius 1 is 1.05 bits per heavy atom. The fraction of sp³-hybridized carbons (Fsp3) is 0.412. The molecule has 0 fully saturated rings. The first kappa shape index (κ1) is 15.3. The van der Waals surface area contributed by atoms with Gasteiger partial charge in [0.1, 0.15) is 18.0 Å². The maximum atomic E-state index is 4.52. The molecule has 1 N–H and O–H groups in total. The normalized spacial score (nSPS) is 10.4. The second-order valence-electron chi connectivity index (χ2n) is 5.10. The molecule has 0 bridgehead atoms. The van der Waals surface area contributed by atoms with Crippen LogP contribution in [0.25, 0.3) is 0 Å². The largest absolute Gasteiger partial charge is 0.370 e. The SMILES string of the molecule is CCCNc1ncnc(N(C)c2ccccc2)c1CCC. The van der Waals surface area contributed by atoms with E-state index in [2.05, 4.69) is 53.2 Å². The number of rotatable bonds is 7. The van der Waals surface area contributed by atoms with Gasteiger partial charge in [-0.2, -0.15) is 0 Å². The lowest BCUT2D eigenvalue weighted by Gasteiger charge is -2.22. The Morgan fingerprint density at radius 3 is 2.48 bits per heavy atom. The zero-order valence-electron chi connectivity index (χ0n) is 13.1. The summed E-state index contributed by atoms with van der Waals surface area (Å²) in [4.78, 5) is 11.1. The monoisotopic (exact) mass is 284 g/mol. The maximum absolute atomic E-state index is 4.52. The van der Waals surface area contributed by atoms with Crippen molar-refractivity contribution in [3.8, 4) is 0 Å². The van der Waals surface area contributed by atoms with Gasteiger partial charge >= 0.3 is 0 Å². The molecule has 0 aliphatic rings. The lowest BCUT2D eigenvalue weighted by molar-refractivity contribution is 0.881. The fourth-order valence-corrected chi connectivity index (χ4v) is 2.34. The first-order valence-electron chi connectivity index (χ1n) is 7.64. The summed E-state index contributed by atoms with van der Waals surface area (Å²) in [6.45, 7) is 5.27. The molecule has 0 saturated heterocycles. The van der Waals surface area contributed by atoms with Gasteiger partial charge in [-0.3, -0.25) is 0 Å². The molecule has 0 saturated carbocycles. The Kier molecular flexibility index (Phi) is 5.55. The number of para-hydroxylation sites is 1. The minimum Gasteiger partial charge on any atom is -0.370 e. The molecule has 21 heavy (non-hydrogen) atoms. The Balaban J connectivity index is 2.37. The second-order valence-corrected chi connectivity index (χ2v) is 5.10. The van der Waals surface area contributed by atoms with Crippen molar-refractivity contribution in [2.24, 2.45) is 0 Å². The van der Waals surface area contributed by atoms with Crippen LogP contribution in [0.3, 0.4) is 0 Å². The van der Waals surface area contributed by atoms with Gasteiger partial charge in [0.05, 0.1) is 0 Å². The molecule has 1 aromatic carbocycles. The van der Waals surface area contributed by atoms with E-state index in [1.165, 1.54) is 5.56 Å². The van der Waals surface area contributed by atoms with Crippen molar-refractivity contribution in [2.75, 3.05) is 23.8 Å². The van der Waals surface area contributed by atoms with Crippen LogP contribution in [0.1, 0.15) is 32.3 Å². The molecular weight excluding hydrogens is 260 g/mol. The topological polar surface area (TPSA) is 41.1 Å². The molecule has 2 aromatic rings. The smallest absolute Gasteiger partial charge is 0.141 e. The summed E-state index contributed by atoms with van der Waals surface area (Å²) in [5.74, 6) is 1.95. The zero-order chi connectivity index (χ0) is 15.1. The molecular formula is C17H24N4. The van der Waals surface area contributed by atoms with E-state index in [4.69, 9.17) is 0 Å². The van der Waals surface area contributed by atoms with Gasteiger partial charge in [0.25, 0.3) is 0 Å². The van der Waals surface area contributed by atoms with Crippen LogP contribution in [-0.2, 0) is 6.42 Å². The summed E-state index contributed by atoms with van der Waals surface area (Å²) < 4.78 is 0. The zero-order valence-corrected chi connectivity index (χ0v) is 13.1. The third-order valence-corrected chi connectivity index (χ3v) is 3.43. The van der Waals surface area contributed by atoms with Gasteiger partial charge in [-0.05, 0) is 25.0 Å². The van der Waals surface area contributed by atoms with E-state index in [0.29, 0.717) is 0 Å². The number of benzene rings is 1. The molecule has 0 aliphatic heterocycles. The van der Waals surface area contributed by atoms with Crippen LogP contribution in [0.2, 0.25) is 0 Å². The van der Waals surface area contributed by atoms with E-state index in [9.17, 15) is 0 Å². The number of aromatic nitrogens is 2. The average Bonchev–Trinajstić information content (AvgIpc) is 2.54. The van der Waals surface area contributed by atoms with Crippen LogP contribution in [0.15, 0.2) is 36.7 Å². The van der Waals surface area contributed by atoms with E-state index in [1.807, 2.05) is 18.2 Å². The molecule has 0 aliphatic carbocycles. The molecule has 4 heteroatoms. The van der Waals surface area contributed by atoms with Crippen molar-refractivity contribution >= 4 is 17.3 Å². The predicted octanol–water partition coefficient (Wildman–Crippen LogP) is 4.02. The van der Waals surface area contributed by atoms with Crippen LogP contribution in [0.4, 0.5) is 17.3 Å². The summed E-state index contributed by atoms with van der Waals surface area (Å²) >= 11 is 0. The number of nitrogens with zero attached hydrogens (tertiary/aromatic N) is 3. The minimum absolute atomic E-state index is 0.933. The molecule has 1 aromatic heterocycles. The number of anilines is 3. The second kappa shape index (κ2) is 7.62. The summed E-state index contributed by atoms with van der Waals surface area (Å²) in [5.41, 5.74) is 2.33. The van der Waals surface area contributed by atoms with Gasteiger partial charge in [0.15, 0.2) is 0 Å². The molecule has 112 valence electrons. The van der Waals surface area contributed by atoms with Crippen LogP contribution in [0, 0.1) is 0 Å². The van der Waals surface area contributed by atoms with E-state index in [0.717, 1.165) is 43.1 Å². The number of nitrogens with one attached hydrogen (secondary N) is 1. The predicted molar refractivity (Wildman–Crippen MR) is 89.3 cm³/mol. The van der Waals surface area contributed by atoms with E-state index in [-0.39, 0.29) is 0 Å². The summed E-state index contributed by atoms with van der Waals surface area (Å²) in [7, 11) is 2.06. The Bertz CT molecular complexity index is 554. The summed E-state index contributed by atoms with van der Waals surface area (Å²) in [6, 6.07) is 10.3. The van der Waals surface area contributed by atoms with Gasteiger partial charge in [0.2, 0.25) is 0 Å². The Hall–Kier alpha value is -2.10. The van der Waals surface area contributed by atoms with Crippen molar-refractivity contribution in [3.63, 3.8) is 0 Å². The highest BCUT2D eigenvalue weighted by Crippen LogP contribution is 2.29. The summed E-state index contributed by atoms with van der Waals surface area (Å²) in [5, 5.41) is 3.42. The van der Waals surface area contributed by atoms with Crippen LogP contribution in [0.5, 0.6) is 0 Å². The number of hydrogen-bond acceptors (Lipinski definition) is 4. The van der Waals surface area contributed by atoms with Gasteiger partial charge in [-0.15, -0.1) is 0 Å². The first-order valence-corrected chi connectivity index (χ1v) is 7.64. The molecule has 0 spiro atoms. The van der Waals surface area contributed by atoms with Gasteiger partial charge in [0, 0.05) is 24.8 Å². The molecule has 0 amide bonds. The van der Waals surface area contributed by atoms with Gasteiger partial charge < -0.3 is 10.2 Å². The summed E-state index contributed by atoms with van der Waals surface area (Å²) in [6.07, 6.45) is 4.77.